The average Bonchev–Trinajstić information content (AvgIpc) is 3.02. The molecule has 1 heterocycles. The normalized spacial score (nSPS) is 15.0. The minimum atomic E-state index is -0.274. The van der Waals surface area contributed by atoms with Crippen LogP contribution >= 0.6 is 11.8 Å². The summed E-state index contributed by atoms with van der Waals surface area (Å²) in [7, 11) is 0. The maximum atomic E-state index is 12.9. The highest BCUT2D eigenvalue weighted by molar-refractivity contribution is 8.18. The fourth-order valence-electron chi connectivity index (χ4n) is 3.35. The Morgan fingerprint density at radius 1 is 0.871 bits per heavy atom. The van der Waals surface area contributed by atoms with Crippen molar-refractivity contribution in [2.45, 2.75) is 27.0 Å². The molecule has 1 aliphatic rings. The number of carbonyl (C=O) groups excluding carboxylic acids is 2. The molecular weight excluding hydrogens is 406 g/mol. The number of ether oxygens (including phenoxy) is 1. The van der Waals surface area contributed by atoms with Gasteiger partial charge in [0.25, 0.3) is 11.1 Å². The van der Waals surface area contributed by atoms with E-state index in [0.29, 0.717) is 17.3 Å². The molecule has 0 atom stereocenters. The Bertz CT molecular complexity index is 1150. The van der Waals surface area contributed by atoms with Gasteiger partial charge in [-0.25, -0.2) is 0 Å². The van der Waals surface area contributed by atoms with Gasteiger partial charge in [-0.1, -0.05) is 77.9 Å². The van der Waals surface area contributed by atoms with Crippen molar-refractivity contribution in [3.8, 4) is 5.75 Å². The van der Waals surface area contributed by atoms with Crippen LogP contribution in [-0.4, -0.2) is 16.0 Å². The average molecular weight is 430 g/mol. The molecule has 0 aliphatic carbocycles. The standard InChI is InChI=1S/C26H23NO3S/c1-18-10-12-20(13-11-18)16-27-25(28)24(31-26(27)29)15-22-8-3-4-9-23(22)30-17-21-7-5-6-19(2)14-21/h3-15H,16-17H2,1-2H3/b24-15-. The van der Waals surface area contributed by atoms with Crippen molar-refractivity contribution in [3.05, 3.63) is 106 Å². The zero-order chi connectivity index (χ0) is 21.8. The third kappa shape index (κ3) is 5.06. The highest BCUT2D eigenvalue weighted by Gasteiger charge is 2.35. The molecular formula is C26H23NO3S. The third-order valence-electron chi connectivity index (χ3n) is 5.02. The van der Waals surface area contributed by atoms with E-state index in [2.05, 4.69) is 6.07 Å². The second-order valence-corrected chi connectivity index (χ2v) is 8.56. The molecule has 3 aromatic rings. The lowest BCUT2D eigenvalue weighted by Gasteiger charge is -2.12. The van der Waals surface area contributed by atoms with E-state index in [9.17, 15) is 9.59 Å². The van der Waals surface area contributed by atoms with Crippen LogP contribution in [0.5, 0.6) is 5.75 Å². The zero-order valence-corrected chi connectivity index (χ0v) is 18.3. The summed E-state index contributed by atoms with van der Waals surface area (Å²) >= 11 is 0.967. The second-order valence-electron chi connectivity index (χ2n) is 7.57. The Morgan fingerprint density at radius 2 is 1.65 bits per heavy atom. The number of hydrogen-bond acceptors (Lipinski definition) is 4. The quantitative estimate of drug-likeness (QED) is 0.443. The van der Waals surface area contributed by atoms with E-state index in [1.807, 2.05) is 80.6 Å². The molecule has 5 heteroatoms. The van der Waals surface area contributed by atoms with Crippen molar-refractivity contribution in [3.63, 3.8) is 0 Å². The topological polar surface area (TPSA) is 46.6 Å². The Balaban J connectivity index is 1.51. The summed E-state index contributed by atoms with van der Waals surface area (Å²) in [6.45, 7) is 4.75. The van der Waals surface area contributed by atoms with Gasteiger partial charge in [-0.05, 0) is 48.9 Å². The lowest BCUT2D eigenvalue weighted by atomic mass is 10.1. The van der Waals surface area contributed by atoms with Crippen LogP contribution in [0.2, 0.25) is 0 Å². The minimum Gasteiger partial charge on any atom is -0.488 e. The number of rotatable bonds is 6. The van der Waals surface area contributed by atoms with Crippen LogP contribution < -0.4 is 4.74 Å². The molecule has 2 amide bonds. The lowest BCUT2D eigenvalue weighted by Crippen LogP contribution is -2.27. The summed E-state index contributed by atoms with van der Waals surface area (Å²) < 4.78 is 6.02. The second kappa shape index (κ2) is 9.23. The van der Waals surface area contributed by atoms with Gasteiger partial charge in [-0.2, -0.15) is 0 Å². The van der Waals surface area contributed by atoms with Crippen molar-refractivity contribution in [2.24, 2.45) is 0 Å². The van der Waals surface area contributed by atoms with E-state index in [4.69, 9.17) is 4.74 Å². The number of thioether (sulfide) groups is 1. The first-order valence-corrected chi connectivity index (χ1v) is 10.9. The van der Waals surface area contributed by atoms with Gasteiger partial charge in [0.05, 0.1) is 11.4 Å². The van der Waals surface area contributed by atoms with E-state index in [1.165, 1.54) is 10.5 Å². The molecule has 1 fully saturated rings. The first-order chi connectivity index (χ1) is 15.0. The highest BCUT2D eigenvalue weighted by Crippen LogP contribution is 2.35. The van der Waals surface area contributed by atoms with Crippen molar-refractivity contribution < 1.29 is 14.3 Å². The van der Waals surface area contributed by atoms with E-state index in [1.54, 1.807) is 6.08 Å². The molecule has 0 bridgehead atoms. The smallest absolute Gasteiger partial charge is 0.293 e. The maximum Gasteiger partial charge on any atom is 0.293 e. The van der Waals surface area contributed by atoms with Crippen LogP contribution in [0.25, 0.3) is 6.08 Å². The highest BCUT2D eigenvalue weighted by atomic mass is 32.2. The number of hydrogen-bond donors (Lipinski definition) is 0. The van der Waals surface area contributed by atoms with Gasteiger partial charge in [-0.15, -0.1) is 0 Å². The van der Waals surface area contributed by atoms with Gasteiger partial charge in [0, 0.05) is 5.56 Å². The predicted octanol–water partition coefficient (Wildman–Crippen LogP) is 6.12. The van der Waals surface area contributed by atoms with Gasteiger partial charge in [0.1, 0.15) is 12.4 Å². The van der Waals surface area contributed by atoms with E-state index >= 15 is 0 Å². The molecule has 1 aliphatic heterocycles. The summed E-state index contributed by atoms with van der Waals surface area (Å²) in [4.78, 5) is 27.1. The SMILES string of the molecule is Cc1ccc(CN2C(=O)S/C(=C\c3ccccc3OCc3cccc(C)c3)C2=O)cc1. The molecule has 3 aromatic carbocycles. The number of nitrogens with zero attached hydrogens (tertiary/aromatic N) is 1. The van der Waals surface area contributed by atoms with Crippen LogP contribution in [0.4, 0.5) is 4.79 Å². The maximum absolute atomic E-state index is 12.9. The van der Waals surface area contributed by atoms with Crippen LogP contribution in [0.15, 0.2) is 77.7 Å². The van der Waals surface area contributed by atoms with Crippen molar-refractivity contribution >= 4 is 29.0 Å². The van der Waals surface area contributed by atoms with Gasteiger partial charge >= 0.3 is 0 Å². The minimum absolute atomic E-state index is 0.255. The molecule has 0 radical (unpaired) electrons. The summed E-state index contributed by atoms with van der Waals surface area (Å²) in [6, 6.07) is 23.5. The van der Waals surface area contributed by atoms with Gasteiger partial charge in [-0.3, -0.25) is 14.5 Å². The van der Waals surface area contributed by atoms with Gasteiger partial charge in [0.15, 0.2) is 0 Å². The molecule has 0 unspecified atom stereocenters. The molecule has 156 valence electrons. The Morgan fingerprint density at radius 3 is 2.42 bits per heavy atom. The van der Waals surface area contributed by atoms with Gasteiger partial charge < -0.3 is 4.74 Å². The summed E-state index contributed by atoms with van der Waals surface area (Å²) in [5.41, 5.74) is 5.09. The number of carbonyl (C=O) groups is 2. The zero-order valence-electron chi connectivity index (χ0n) is 17.5. The monoisotopic (exact) mass is 429 g/mol. The summed E-state index contributed by atoms with van der Waals surface area (Å²) in [5, 5.41) is -0.255. The van der Waals surface area contributed by atoms with Gasteiger partial charge in [0.2, 0.25) is 0 Å². The predicted molar refractivity (Wildman–Crippen MR) is 125 cm³/mol. The molecule has 0 saturated carbocycles. The van der Waals surface area contributed by atoms with Crippen molar-refractivity contribution in [1.29, 1.82) is 0 Å². The number of para-hydroxylation sites is 1. The molecule has 1 saturated heterocycles. The molecule has 31 heavy (non-hydrogen) atoms. The van der Waals surface area contributed by atoms with Crippen LogP contribution in [0, 0.1) is 13.8 Å². The summed E-state index contributed by atoms with van der Waals surface area (Å²) in [6.07, 6.45) is 1.74. The van der Waals surface area contributed by atoms with E-state index in [0.717, 1.165) is 34.0 Å². The molecule has 4 nitrogen and oxygen atoms in total. The molecule has 0 spiro atoms. The van der Waals surface area contributed by atoms with E-state index in [-0.39, 0.29) is 17.7 Å². The fourth-order valence-corrected chi connectivity index (χ4v) is 4.18. The van der Waals surface area contributed by atoms with Crippen molar-refractivity contribution in [1.82, 2.24) is 4.90 Å². The number of aryl methyl sites for hydroxylation is 2. The number of imide groups is 1. The molecule has 4 rings (SSSR count). The number of benzene rings is 3. The number of amides is 2. The van der Waals surface area contributed by atoms with Crippen molar-refractivity contribution in [2.75, 3.05) is 0 Å². The summed E-state index contributed by atoms with van der Waals surface area (Å²) in [5.74, 6) is 0.401. The first-order valence-electron chi connectivity index (χ1n) is 10.1. The molecule has 0 aromatic heterocycles. The Kier molecular flexibility index (Phi) is 6.23. The van der Waals surface area contributed by atoms with Crippen LogP contribution in [0.1, 0.15) is 27.8 Å². The van der Waals surface area contributed by atoms with E-state index < -0.39 is 0 Å². The third-order valence-corrected chi connectivity index (χ3v) is 5.92. The Hall–Kier alpha value is -3.31. The van der Waals surface area contributed by atoms with Crippen LogP contribution in [-0.2, 0) is 17.9 Å². The fraction of sp³-hybridized carbons (Fsp3) is 0.154. The molecule has 0 N–H and O–H groups in total. The largest absolute Gasteiger partial charge is 0.488 e. The Labute approximate surface area is 186 Å². The first kappa shape index (κ1) is 20.9. The van der Waals surface area contributed by atoms with Crippen LogP contribution in [0.3, 0.4) is 0 Å². The lowest BCUT2D eigenvalue weighted by molar-refractivity contribution is -0.123.